The highest BCUT2D eigenvalue weighted by Crippen LogP contribution is 2.20. The van der Waals surface area contributed by atoms with Crippen LogP contribution in [-0.4, -0.2) is 0 Å². The molecule has 82 valence electrons. The molecule has 0 aromatic heterocycles. The summed E-state index contributed by atoms with van der Waals surface area (Å²) in [5.74, 6) is 0. The third-order valence-electron chi connectivity index (χ3n) is 3.58. The molecule has 0 saturated heterocycles. The van der Waals surface area contributed by atoms with Crippen LogP contribution >= 0.6 is 0 Å². The maximum absolute atomic E-state index is 2.33. The van der Waals surface area contributed by atoms with Crippen LogP contribution < -0.4 is 0 Å². The van der Waals surface area contributed by atoms with Crippen molar-refractivity contribution in [3.63, 3.8) is 0 Å². The topological polar surface area (TPSA) is 0 Å². The van der Waals surface area contributed by atoms with E-state index in [0.29, 0.717) is 0 Å². The monoisotopic (exact) mass is 194 g/mol. The number of allylic oxidation sites excluding steroid dienone is 2. The molecule has 0 aromatic carbocycles. The van der Waals surface area contributed by atoms with E-state index < -0.39 is 0 Å². The molecule has 0 radical (unpaired) electrons. The van der Waals surface area contributed by atoms with E-state index in [4.69, 9.17) is 0 Å². The second-order valence-corrected chi connectivity index (χ2v) is 4.89. The molecule has 1 aliphatic rings. The molecule has 0 heteroatoms. The van der Waals surface area contributed by atoms with Crippen molar-refractivity contribution in [3.8, 4) is 0 Å². The van der Waals surface area contributed by atoms with Crippen LogP contribution in [0.25, 0.3) is 0 Å². The van der Waals surface area contributed by atoms with Gasteiger partial charge in [0.25, 0.3) is 0 Å². The van der Waals surface area contributed by atoms with Gasteiger partial charge in [0.15, 0.2) is 0 Å². The zero-order valence-electron chi connectivity index (χ0n) is 10.1. The second-order valence-electron chi connectivity index (χ2n) is 4.89. The van der Waals surface area contributed by atoms with Crippen molar-refractivity contribution in [1.29, 1.82) is 0 Å². The Labute approximate surface area is 89.8 Å². The van der Waals surface area contributed by atoms with Gasteiger partial charge in [0, 0.05) is 0 Å². The summed E-state index contributed by atoms with van der Waals surface area (Å²) in [6.07, 6.45) is 14.3. The van der Waals surface area contributed by atoms with Crippen molar-refractivity contribution in [3.05, 3.63) is 11.1 Å². The highest BCUT2D eigenvalue weighted by Gasteiger charge is 2.00. The van der Waals surface area contributed by atoms with Crippen LogP contribution in [0.5, 0.6) is 0 Å². The standard InChI is InChI=1S/C14H26/c1-13-11-9-7-5-3-4-6-8-10-12-14(13)2/h3-12H2,1-2H3/b14-13-. The molecule has 1 aliphatic carbocycles. The fourth-order valence-corrected chi connectivity index (χ4v) is 2.27. The summed E-state index contributed by atoms with van der Waals surface area (Å²) in [4.78, 5) is 0. The first-order chi connectivity index (χ1) is 6.80. The van der Waals surface area contributed by atoms with Crippen LogP contribution in [0, 0.1) is 0 Å². The predicted molar refractivity (Wildman–Crippen MR) is 64.5 cm³/mol. The van der Waals surface area contributed by atoms with Crippen molar-refractivity contribution in [2.24, 2.45) is 0 Å². The van der Waals surface area contributed by atoms with Gasteiger partial charge in [0.05, 0.1) is 0 Å². The molecule has 1 rings (SSSR count). The summed E-state index contributed by atoms with van der Waals surface area (Å²) in [6.45, 7) is 4.67. The van der Waals surface area contributed by atoms with Gasteiger partial charge in [-0.2, -0.15) is 0 Å². The number of hydrogen-bond acceptors (Lipinski definition) is 0. The molecule has 0 heterocycles. The van der Waals surface area contributed by atoms with E-state index in [0.717, 1.165) is 0 Å². The van der Waals surface area contributed by atoms with Crippen molar-refractivity contribution >= 4 is 0 Å². The molecule has 14 heavy (non-hydrogen) atoms. The normalized spacial score (nSPS) is 27.9. The van der Waals surface area contributed by atoms with Gasteiger partial charge in [-0.15, -0.1) is 0 Å². The van der Waals surface area contributed by atoms with E-state index in [1.807, 2.05) is 0 Å². The minimum Gasteiger partial charge on any atom is -0.0744 e. The largest absolute Gasteiger partial charge is 0.0744 e. The van der Waals surface area contributed by atoms with Crippen LogP contribution in [0.3, 0.4) is 0 Å². The molecular weight excluding hydrogens is 168 g/mol. The van der Waals surface area contributed by atoms with E-state index in [-0.39, 0.29) is 0 Å². The van der Waals surface area contributed by atoms with Crippen LogP contribution in [-0.2, 0) is 0 Å². The van der Waals surface area contributed by atoms with Gasteiger partial charge < -0.3 is 0 Å². The lowest BCUT2D eigenvalue weighted by Crippen LogP contribution is -1.90. The van der Waals surface area contributed by atoms with Crippen molar-refractivity contribution in [1.82, 2.24) is 0 Å². The molecule has 0 atom stereocenters. The average Bonchev–Trinajstić information content (AvgIpc) is 2.18. The maximum Gasteiger partial charge on any atom is -0.0320 e. The first-order valence-electron chi connectivity index (χ1n) is 6.46. The van der Waals surface area contributed by atoms with Gasteiger partial charge in [-0.25, -0.2) is 0 Å². The van der Waals surface area contributed by atoms with Gasteiger partial charge in [-0.1, -0.05) is 49.7 Å². The molecule has 0 nitrogen and oxygen atoms in total. The summed E-state index contributed by atoms with van der Waals surface area (Å²) >= 11 is 0. The van der Waals surface area contributed by atoms with Gasteiger partial charge in [-0.3, -0.25) is 0 Å². The molecule has 0 unspecified atom stereocenters. The first kappa shape index (κ1) is 11.8. The van der Waals surface area contributed by atoms with Crippen molar-refractivity contribution < 1.29 is 0 Å². The predicted octanol–water partition coefficient (Wildman–Crippen LogP) is 5.24. The zero-order chi connectivity index (χ0) is 10.2. The summed E-state index contributed by atoms with van der Waals surface area (Å²) in [7, 11) is 0. The highest BCUT2D eigenvalue weighted by atomic mass is 14.1. The zero-order valence-corrected chi connectivity index (χ0v) is 10.1. The molecule has 0 aliphatic heterocycles. The molecule has 0 spiro atoms. The maximum atomic E-state index is 2.33. The Bertz CT molecular complexity index is 156. The van der Waals surface area contributed by atoms with Gasteiger partial charge in [0.1, 0.15) is 0 Å². The molecule has 0 saturated carbocycles. The fraction of sp³-hybridized carbons (Fsp3) is 0.857. The third-order valence-corrected chi connectivity index (χ3v) is 3.58. The lowest BCUT2D eigenvalue weighted by Gasteiger charge is -2.10. The van der Waals surface area contributed by atoms with Crippen molar-refractivity contribution in [2.75, 3.05) is 0 Å². The van der Waals surface area contributed by atoms with E-state index in [1.54, 1.807) is 11.1 Å². The quantitative estimate of drug-likeness (QED) is 0.463. The Balaban J connectivity index is 2.37. The Morgan fingerprint density at radius 1 is 0.500 bits per heavy atom. The first-order valence-corrected chi connectivity index (χ1v) is 6.46. The van der Waals surface area contributed by atoms with Gasteiger partial charge in [0.2, 0.25) is 0 Å². The van der Waals surface area contributed by atoms with Gasteiger partial charge >= 0.3 is 0 Å². The van der Waals surface area contributed by atoms with E-state index in [2.05, 4.69) is 13.8 Å². The van der Waals surface area contributed by atoms with E-state index >= 15 is 0 Å². The van der Waals surface area contributed by atoms with Gasteiger partial charge in [-0.05, 0) is 39.5 Å². The van der Waals surface area contributed by atoms with E-state index in [9.17, 15) is 0 Å². The summed E-state index contributed by atoms with van der Waals surface area (Å²) in [6, 6.07) is 0. The van der Waals surface area contributed by atoms with Crippen LogP contribution in [0.2, 0.25) is 0 Å². The fourth-order valence-electron chi connectivity index (χ4n) is 2.27. The Kier molecular flexibility index (Phi) is 5.98. The molecule has 0 N–H and O–H groups in total. The smallest absolute Gasteiger partial charge is 0.0320 e. The Hall–Kier alpha value is -0.260. The van der Waals surface area contributed by atoms with Crippen LogP contribution in [0.4, 0.5) is 0 Å². The molecule has 0 amide bonds. The van der Waals surface area contributed by atoms with E-state index in [1.165, 1.54) is 64.2 Å². The lowest BCUT2D eigenvalue weighted by molar-refractivity contribution is 0.558. The molecule has 0 bridgehead atoms. The highest BCUT2D eigenvalue weighted by molar-refractivity contribution is 5.09. The molecular formula is C14H26. The lowest BCUT2D eigenvalue weighted by atomic mass is 9.97. The number of hydrogen-bond donors (Lipinski definition) is 0. The van der Waals surface area contributed by atoms with Crippen LogP contribution in [0.1, 0.15) is 78.1 Å². The second kappa shape index (κ2) is 7.09. The Morgan fingerprint density at radius 3 is 1.14 bits per heavy atom. The Morgan fingerprint density at radius 2 is 0.786 bits per heavy atom. The number of rotatable bonds is 0. The average molecular weight is 194 g/mol. The molecule has 0 fully saturated rings. The van der Waals surface area contributed by atoms with Crippen LogP contribution in [0.15, 0.2) is 11.1 Å². The minimum atomic E-state index is 1.35. The molecule has 0 aromatic rings. The summed E-state index contributed by atoms with van der Waals surface area (Å²) in [5, 5.41) is 0. The minimum absolute atomic E-state index is 1.35. The van der Waals surface area contributed by atoms with Crippen molar-refractivity contribution in [2.45, 2.75) is 78.1 Å². The third kappa shape index (κ3) is 4.83. The SMILES string of the molecule is C/C1=C(\C)CCCCCCCCCC1. The summed E-state index contributed by atoms with van der Waals surface area (Å²) < 4.78 is 0. The summed E-state index contributed by atoms with van der Waals surface area (Å²) in [5.41, 5.74) is 3.34.